The molecule has 0 aromatic heterocycles. The second-order valence-corrected chi connectivity index (χ2v) is 9.40. The highest BCUT2D eigenvalue weighted by molar-refractivity contribution is 9.11. The van der Waals surface area contributed by atoms with Gasteiger partial charge in [0.2, 0.25) is 5.91 Å². The molecule has 3 rings (SSSR count). The summed E-state index contributed by atoms with van der Waals surface area (Å²) in [6.45, 7) is 2.99. The van der Waals surface area contributed by atoms with Crippen molar-refractivity contribution >= 4 is 59.9 Å². The monoisotopic (exact) mass is 622 g/mol. The molecular formula is C24H21Br3N2O3. The molecule has 3 aromatic rings. The average Bonchev–Trinajstić information content (AvgIpc) is 2.76. The van der Waals surface area contributed by atoms with Gasteiger partial charge in [-0.2, -0.15) is 5.10 Å². The van der Waals surface area contributed by atoms with Crippen molar-refractivity contribution < 1.29 is 14.3 Å². The van der Waals surface area contributed by atoms with Crippen LogP contribution in [0, 0.1) is 0 Å². The van der Waals surface area contributed by atoms with Crippen LogP contribution in [0.25, 0.3) is 0 Å². The molecule has 0 aliphatic rings. The Morgan fingerprint density at radius 2 is 1.56 bits per heavy atom. The zero-order valence-electron chi connectivity index (χ0n) is 17.3. The van der Waals surface area contributed by atoms with Crippen LogP contribution in [0.3, 0.4) is 0 Å². The number of amides is 1. The molecule has 5 nitrogen and oxygen atoms in total. The van der Waals surface area contributed by atoms with Crippen molar-refractivity contribution in [1.82, 2.24) is 5.43 Å². The van der Waals surface area contributed by atoms with E-state index in [0.717, 1.165) is 35.9 Å². The molecule has 0 fully saturated rings. The molecule has 0 spiro atoms. The number of hydrazone groups is 1. The second-order valence-electron chi connectivity index (χ2n) is 6.78. The van der Waals surface area contributed by atoms with Crippen molar-refractivity contribution in [3.05, 3.63) is 90.8 Å². The highest BCUT2D eigenvalue weighted by atomic mass is 79.9. The van der Waals surface area contributed by atoms with Crippen LogP contribution in [0.2, 0.25) is 0 Å². The number of nitrogens with zero attached hydrogens (tertiary/aromatic N) is 1. The first-order valence-corrected chi connectivity index (χ1v) is 12.2. The van der Waals surface area contributed by atoms with E-state index < -0.39 is 0 Å². The maximum atomic E-state index is 12.1. The molecule has 0 radical (unpaired) electrons. The predicted octanol–water partition coefficient (Wildman–Crippen LogP) is 6.64. The lowest BCUT2D eigenvalue weighted by Gasteiger charge is -2.11. The Kier molecular flexibility index (Phi) is 9.32. The molecule has 0 aliphatic heterocycles. The Labute approximate surface area is 212 Å². The van der Waals surface area contributed by atoms with E-state index in [1.165, 1.54) is 0 Å². The van der Waals surface area contributed by atoms with Gasteiger partial charge in [0.15, 0.2) is 0 Å². The number of rotatable bonds is 9. The van der Waals surface area contributed by atoms with Crippen LogP contribution in [-0.4, -0.2) is 18.7 Å². The van der Waals surface area contributed by atoms with Gasteiger partial charge in [-0.1, -0.05) is 40.2 Å². The molecule has 1 amide bonds. The zero-order valence-corrected chi connectivity index (χ0v) is 22.0. The molecule has 1 N–H and O–H groups in total. The summed E-state index contributed by atoms with van der Waals surface area (Å²) in [7, 11) is 0. The summed E-state index contributed by atoms with van der Waals surface area (Å²) in [4.78, 5) is 12.1. The maximum Gasteiger partial charge on any atom is 0.244 e. The number of carbonyl (C=O) groups excluding carboxylic acids is 1. The first-order chi connectivity index (χ1) is 15.4. The van der Waals surface area contributed by atoms with Crippen LogP contribution in [0.4, 0.5) is 0 Å². The molecular weight excluding hydrogens is 604 g/mol. The zero-order chi connectivity index (χ0) is 22.9. The van der Waals surface area contributed by atoms with Gasteiger partial charge in [0.25, 0.3) is 0 Å². The fourth-order valence-electron chi connectivity index (χ4n) is 2.80. The molecule has 0 heterocycles. The molecule has 0 aliphatic carbocycles. The number of hydrogen-bond donors (Lipinski definition) is 1. The van der Waals surface area contributed by atoms with E-state index >= 15 is 0 Å². The van der Waals surface area contributed by atoms with Crippen LogP contribution in [0.5, 0.6) is 11.5 Å². The lowest BCUT2D eigenvalue weighted by Crippen LogP contribution is -2.19. The van der Waals surface area contributed by atoms with E-state index in [0.29, 0.717) is 19.0 Å². The fourth-order valence-corrected chi connectivity index (χ4v) is 4.52. The third kappa shape index (κ3) is 7.46. The SMILES string of the molecule is CCOc1ccc(CC(=O)N/N=C/c2cc(Br)c(OCc3ccc(Br)cc3)c(Br)c2)cc1. The summed E-state index contributed by atoms with van der Waals surface area (Å²) in [5.74, 6) is 1.29. The van der Waals surface area contributed by atoms with Gasteiger partial charge in [0.05, 0.1) is 28.2 Å². The Balaban J connectivity index is 1.54. The Bertz CT molecular complexity index is 1060. The van der Waals surface area contributed by atoms with Gasteiger partial charge in [0, 0.05) is 4.47 Å². The third-order valence-electron chi connectivity index (χ3n) is 4.32. The summed E-state index contributed by atoms with van der Waals surface area (Å²) in [6.07, 6.45) is 1.82. The Morgan fingerprint density at radius 1 is 0.938 bits per heavy atom. The number of nitrogens with one attached hydrogen (secondary N) is 1. The predicted molar refractivity (Wildman–Crippen MR) is 137 cm³/mol. The summed E-state index contributed by atoms with van der Waals surface area (Å²) < 4.78 is 13.9. The van der Waals surface area contributed by atoms with Crippen LogP contribution in [-0.2, 0) is 17.8 Å². The van der Waals surface area contributed by atoms with Crippen LogP contribution >= 0.6 is 47.8 Å². The third-order valence-corrected chi connectivity index (χ3v) is 6.03. The molecule has 0 saturated heterocycles. The summed E-state index contributed by atoms with van der Waals surface area (Å²) in [5.41, 5.74) is 5.32. The standard InChI is InChI=1S/C24H21Br3N2O3/c1-2-31-20-9-5-16(6-10-20)13-23(30)29-28-14-18-11-21(26)24(22(27)12-18)32-15-17-3-7-19(25)8-4-17/h3-12,14H,2,13,15H2,1H3,(H,29,30)/b28-14+. The van der Waals surface area contributed by atoms with E-state index in [1.807, 2.05) is 67.6 Å². The molecule has 166 valence electrons. The topological polar surface area (TPSA) is 59.9 Å². The van der Waals surface area contributed by atoms with Gasteiger partial charge in [-0.15, -0.1) is 0 Å². The van der Waals surface area contributed by atoms with E-state index in [4.69, 9.17) is 9.47 Å². The Hall–Kier alpha value is -2.16. The van der Waals surface area contributed by atoms with Gasteiger partial charge in [-0.3, -0.25) is 4.79 Å². The minimum absolute atomic E-state index is 0.196. The van der Waals surface area contributed by atoms with Gasteiger partial charge in [0.1, 0.15) is 18.1 Å². The molecule has 0 atom stereocenters. The minimum atomic E-state index is -0.196. The molecule has 8 heteroatoms. The van der Waals surface area contributed by atoms with Crippen LogP contribution in [0.15, 0.2) is 79.2 Å². The van der Waals surface area contributed by atoms with Gasteiger partial charge < -0.3 is 9.47 Å². The van der Waals surface area contributed by atoms with Crippen molar-refractivity contribution in [3.8, 4) is 11.5 Å². The molecule has 0 bridgehead atoms. The van der Waals surface area contributed by atoms with Crippen LogP contribution < -0.4 is 14.9 Å². The summed E-state index contributed by atoms with van der Waals surface area (Å²) in [5, 5.41) is 4.06. The summed E-state index contributed by atoms with van der Waals surface area (Å²) >= 11 is 10.5. The molecule has 0 unspecified atom stereocenters. The van der Waals surface area contributed by atoms with Gasteiger partial charge in [-0.05, 0) is 91.9 Å². The highest BCUT2D eigenvalue weighted by Crippen LogP contribution is 2.35. The number of halogens is 3. The second kappa shape index (κ2) is 12.2. The van der Waals surface area contributed by atoms with Crippen LogP contribution in [0.1, 0.15) is 23.6 Å². The Morgan fingerprint density at radius 3 is 2.19 bits per heavy atom. The minimum Gasteiger partial charge on any atom is -0.494 e. The van der Waals surface area contributed by atoms with Crippen molar-refractivity contribution in [2.75, 3.05) is 6.61 Å². The van der Waals surface area contributed by atoms with Crippen molar-refractivity contribution in [1.29, 1.82) is 0 Å². The lowest BCUT2D eigenvalue weighted by molar-refractivity contribution is -0.120. The molecule has 3 aromatic carbocycles. The number of ether oxygens (including phenoxy) is 2. The smallest absolute Gasteiger partial charge is 0.244 e. The highest BCUT2D eigenvalue weighted by Gasteiger charge is 2.09. The summed E-state index contributed by atoms with van der Waals surface area (Å²) in [6, 6.07) is 19.2. The van der Waals surface area contributed by atoms with E-state index in [9.17, 15) is 4.79 Å². The van der Waals surface area contributed by atoms with E-state index in [2.05, 4.69) is 58.3 Å². The molecule has 32 heavy (non-hydrogen) atoms. The normalized spacial score (nSPS) is 10.9. The number of carbonyl (C=O) groups is 1. The quantitative estimate of drug-likeness (QED) is 0.214. The first kappa shape index (κ1) is 24.5. The van der Waals surface area contributed by atoms with Crippen molar-refractivity contribution in [3.63, 3.8) is 0 Å². The number of benzene rings is 3. The molecule has 0 saturated carbocycles. The number of hydrogen-bond acceptors (Lipinski definition) is 4. The lowest BCUT2D eigenvalue weighted by atomic mass is 10.1. The van der Waals surface area contributed by atoms with Crippen molar-refractivity contribution in [2.45, 2.75) is 20.0 Å². The van der Waals surface area contributed by atoms with Crippen molar-refractivity contribution in [2.24, 2.45) is 5.10 Å². The fraction of sp³-hybridized carbons (Fsp3) is 0.167. The average molecular weight is 625 g/mol. The van der Waals surface area contributed by atoms with Gasteiger partial charge >= 0.3 is 0 Å². The van der Waals surface area contributed by atoms with E-state index in [-0.39, 0.29) is 12.3 Å². The van der Waals surface area contributed by atoms with E-state index in [1.54, 1.807) is 6.21 Å². The maximum absolute atomic E-state index is 12.1. The largest absolute Gasteiger partial charge is 0.494 e. The first-order valence-electron chi connectivity index (χ1n) is 9.84. The van der Waals surface area contributed by atoms with Gasteiger partial charge in [-0.25, -0.2) is 5.43 Å².